The topological polar surface area (TPSA) is 0 Å². The zero-order valence-electron chi connectivity index (χ0n) is 62.7. The lowest BCUT2D eigenvalue weighted by atomic mass is 9.84. The monoisotopic (exact) mass is 1440 g/mol. The first kappa shape index (κ1) is 67.3. The van der Waals surface area contributed by atoms with Crippen molar-refractivity contribution in [2.45, 2.75) is 0 Å². The van der Waals surface area contributed by atoms with Gasteiger partial charge >= 0.3 is 0 Å². The number of benzene rings is 19. The number of hydrogen-bond acceptors (Lipinski definition) is 0. The normalized spacial score (nSPS) is 11.5. The smallest absolute Gasteiger partial charge is 0.00988 e. The Labute approximate surface area is 666 Å². The van der Waals surface area contributed by atoms with Crippen molar-refractivity contribution in [1.29, 1.82) is 0 Å². The van der Waals surface area contributed by atoms with Crippen molar-refractivity contribution in [3.05, 3.63) is 449 Å². The zero-order valence-corrected chi connectivity index (χ0v) is 62.7. The standard InChI is InChI=1S/C114H74/c1-2-76-4-3-75(1)79-9-17-83(18-10-79)87-25-33-91(34-26-87)95-41-49-99(50-42-95)103-57-65-107(66-58-103)111-73-114-110-71-63-106(64-72-110)102-55-47-98(48-56-102)94-39-31-90(32-40-94)86-23-15-82(16-24-86)78-7-5-77(6-8-78)81-13-21-85(22-14-81)89-29-37-93(38-30-89)97-45-53-101(54-46-97)105-61-69-109(70-62-105)113(111)74-112(114)108-67-59-104(60-68-108)100-51-43-96(44-52-100)92-35-27-88(28-36-92)84-19-11-80(76)12-20-84/h1-74H. The van der Waals surface area contributed by atoms with Gasteiger partial charge in [-0.2, -0.15) is 0 Å². The lowest BCUT2D eigenvalue weighted by Crippen LogP contribution is -1.93. The molecule has 0 amide bonds. The van der Waals surface area contributed by atoms with E-state index in [0.29, 0.717) is 0 Å². The molecule has 0 radical (unpaired) electrons. The van der Waals surface area contributed by atoms with E-state index in [2.05, 4.69) is 449 Å². The van der Waals surface area contributed by atoms with Crippen molar-refractivity contribution >= 4 is 0 Å². The molecule has 0 atom stereocenters. The lowest BCUT2D eigenvalue weighted by Gasteiger charge is -2.19. The Hall–Kier alpha value is -14.8. The maximum absolute atomic E-state index is 2.45. The van der Waals surface area contributed by atoms with E-state index in [1.165, 1.54) is 156 Å². The van der Waals surface area contributed by atoms with Crippen molar-refractivity contribution < 1.29 is 0 Å². The predicted molar refractivity (Wildman–Crippen MR) is 482 cm³/mol. The lowest BCUT2D eigenvalue weighted by molar-refractivity contribution is 1.53. The molecule has 19 aromatic rings. The molecule has 0 unspecified atom stereocenters. The molecule has 0 heteroatoms. The summed E-state index contributed by atoms with van der Waals surface area (Å²) in [6, 6.07) is 168. The van der Waals surface area contributed by atoms with Crippen LogP contribution in [0.3, 0.4) is 0 Å². The minimum absolute atomic E-state index is 1.14. The number of hydrogen-bond donors (Lipinski definition) is 0. The fourth-order valence-electron chi connectivity index (χ4n) is 16.9. The van der Waals surface area contributed by atoms with E-state index >= 15 is 0 Å². The second-order valence-corrected chi connectivity index (χ2v) is 30.3. The van der Waals surface area contributed by atoms with Gasteiger partial charge in [0, 0.05) is 0 Å². The third kappa shape index (κ3) is 13.2. The molecule has 0 aromatic heterocycles. The van der Waals surface area contributed by atoms with Gasteiger partial charge in [-0.3, -0.25) is 0 Å². The summed E-state index contributed by atoms with van der Waals surface area (Å²) in [5, 5.41) is 0. The van der Waals surface area contributed by atoms with Gasteiger partial charge in [-0.05, 0) is 235 Å². The molecular weight excluding hydrogens is 1370 g/mol. The molecule has 75 rings (SSSR count). The molecule has 0 spiro atoms. The van der Waals surface area contributed by atoms with Crippen molar-refractivity contribution in [3.8, 4) is 223 Å². The largest absolute Gasteiger partial charge is 0.0538 e. The molecule has 0 saturated heterocycles. The Morgan fingerprint density at radius 1 is 0.0526 bits per heavy atom. The minimum atomic E-state index is 1.14. The Balaban J connectivity index is 0.665. The predicted octanol–water partition coefficient (Wildman–Crippen LogP) is 31.7. The van der Waals surface area contributed by atoms with Crippen LogP contribution in [-0.4, -0.2) is 0 Å². The molecule has 0 saturated carbocycles. The van der Waals surface area contributed by atoms with Crippen LogP contribution in [0.5, 0.6) is 0 Å². The molecule has 0 N–H and O–H groups in total. The summed E-state index contributed by atoms with van der Waals surface area (Å²) in [6.07, 6.45) is 0. The van der Waals surface area contributed by atoms with E-state index in [-0.39, 0.29) is 0 Å². The molecule has 0 nitrogen and oxygen atoms in total. The van der Waals surface area contributed by atoms with Gasteiger partial charge in [0.2, 0.25) is 0 Å². The van der Waals surface area contributed by atoms with Crippen molar-refractivity contribution in [2.24, 2.45) is 0 Å². The highest BCUT2D eigenvalue weighted by atomic mass is 14.2. The summed E-state index contributed by atoms with van der Waals surface area (Å²) in [5.41, 5.74) is 47.1. The molecule has 0 heterocycles. The quantitative estimate of drug-likeness (QED) is 0.142. The van der Waals surface area contributed by atoms with Crippen LogP contribution < -0.4 is 0 Å². The van der Waals surface area contributed by atoms with Crippen molar-refractivity contribution in [3.63, 3.8) is 0 Å². The molecule has 530 valence electrons. The van der Waals surface area contributed by atoms with Gasteiger partial charge in [-0.25, -0.2) is 0 Å². The Kier molecular flexibility index (Phi) is 17.1. The van der Waals surface area contributed by atoms with Crippen LogP contribution in [0.25, 0.3) is 223 Å². The van der Waals surface area contributed by atoms with Crippen molar-refractivity contribution in [2.75, 3.05) is 0 Å². The van der Waals surface area contributed by atoms with Gasteiger partial charge in [0.15, 0.2) is 0 Å². The van der Waals surface area contributed by atoms with E-state index in [9.17, 15) is 0 Å². The molecule has 40 bridgehead atoms. The summed E-state index contributed by atoms with van der Waals surface area (Å²) in [4.78, 5) is 0. The first-order valence-corrected chi connectivity index (χ1v) is 39.4. The first-order chi connectivity index (χ1) is 56.4. The first-order valence-electron chi connectivity index (χ1n) is 39.4. The second-order valence-electron chi connectivity index (χ2n) is 30.3. The Morgan fingerprint density at radius 3 is 0.149 bits per heavy atom. The minimum Gasteiger partial charge on any atom is -0.0538 e. The van der Waals surface area contributed by atoms with Crippen LogP contribution in [0.4, 0.5) is 0 Å². The molecule has 0 fully saturated rings. The van der Waals surface area contributed by atoms with Gasteiger partial charge < -0.3 is 0 Å². The summed E-state index contributed by atoms with van der Waals surface area (Å²) < 4.78 is 0. The average Bonchev–Trinajstić information content (AvgIpc) is 0.760. The highest BCUT2D eigenvalue weighted by Crippen LogP contribution is 2.46. The molecule has 56 aliphatic carbocycles. The third-order valence-electron chi connectivity index (χ3n) is 23.7. The van der Waals surface area contributed by atoms with Gasteiger partial charge in [0.05, 0.1) is 0 Å². The SMILES string of the molecule is c1cc2ccc1-c1ccc(cc1)-c1ccc(cc1)-c1ccc(cc1)-c1ccc(cc1)-c1cc3c(cc1-c1ccc(cc1)-c1ccc(cc1)-c1ccc(cc1)-c1ccc(cc1)-c1ccc(cc1)-c1ccc(cc1)-c1ccc(cc1)-c1ccc(cc1)-c1ccc-3cc1)-c1ccc(cc1)-c1ccc(cc1)-c1ccc(cc1)-c1ccc-2cc1. The third-order valence-corrected chi connectivity index (χ3v) is 23.7. The zero-order chi connectivity index (χ0) is 75.4. The van der Waals surface area contributed by atoms with Gasteiger partial charge in [0.1, 0.15) is 0 Å². The van der Waals surface area contributed by atoms with Crippen LogP contribution in [0, 0.1) is 0 Å². The fourth-order valence-corrected chi connectivity index (χ4v) is 16.9. The number of rotatable bonds is 0. The van der Waals surface area contributed by atoms with Crippen LogP contribution in [0.15, 0.2) is 449 Å². The van der Waals surface area contributed by atoms with Gasteiger partial charge in [0.25, 0.3) is 0 Å². The van der Waals surface area contributed by atoms with Gasteiger partial charge in [-0.15, -0.1) is 0 Å². The Morgan fingerprint density at radius 2 is 0.0965 bits per heavy atom. The second kappa shape index (κ2) is 28.9. The molecule has 114 heavy (non-hydrogen) atoms. The fraction of sp³-hybridized carbons (Fsp3) is 0. The van der Waals surface area contributed by atoms with Crippen LogP contribution in [0.1, 0.15) is 0 Å². The summed E-state index contributed by atoms with van der Waals surface area (Å²) in [7, 11) is 0. The molecule has 0 aliphatic heterocycles. The Bertz CT molecular complexity index is 5850. The molecular formula is C114H74. The maximum atomic E-state index is 2.45. The van der Waals surface area contributed by atoms with Crippen molar-refractivity contribution in [1.82, 2.24) is 0 Å². The summed E-state index contributed by atoms with van der Waals surface area (Å²) in [6.45, 7) is 0. The van der Waals surface area contributed by atoms with E-state index < -0.39 is 0 Å². The summed E-state index contributed by atoms with van der Waals surface area (Å²) >= 11 is 0. The van der Waals surface area contributed by atoms with Crippen LogP contribution in [-0.2, 0) is 0 Å². The van der Waals surface area contributed by atoms with E-state index in [1.54, 1.807) is 0 Å². The molecule has 19 aromatic carbocycles. The van der Waals surface area contributed by atoms with E-state index in [4.69, 9.17) is 0 Å². The average molecular weight is 1440 g/mol. The highest BCUT2D eigenvalue weighted by Gasteiger charge is 2.20. The van der Waals surface area contributed by atoms with Gasteiger partial charge in [-0.1, -0.05) is 437 Å². The molecule has 56 aliphatic rings. The van der Waals surface area contributed by atoms with E-state index in [0.717, 1.165) is 66.8 Å². The van der Waals surface area contributed by atoms with Crippen LogP contribution >= 0.6 is 0 Å². The van der Waals surface area contributed by atoms with E-state index in [1.807, 2.05) is 0 Å². The summed E-state index contributed by atoms with van der Waals surface area (Å²) in [5.74, 6) is 0. The highest BCUT2D eigenvalue weighted by molar-refractivity contribution is 5.97. The maximum Gasteiger partial charge on any atom is -0.00988 e. The van der Waals surface area contributed by atoms with Crippen LogP contribution in [0.2, 0.25) is 0 Å².